The fourth-order valence-corrected chi connectivity index (χ4v) is 11.0. The van der Waals surface area contributed by atoms with Gasteiger partial charge in [-0.1, -0.05) is 55.4 Å². The third-order valence-electron chi connectivity index (χ3n) is 12.4. The Bertz CT molecular complexity index is 2760. The smallest absolute Gasteiger partial charge is 0.243 e. The van der Waals surface area contributed by atoms with Crippen LogP contribution in [0.15, 0.2) is 83.1 Å². The van der Waals surface area contributed by atoms with E-state index in [9.17, 15) is 19.8 Å². The molecule has 63 heavy (non-hydrogen) atoms. The minimum Gasteiger partial charge on any atom is -0.507 e. The number of thiophene rings is 1. The number of fused-ring (bicyclic) bond motifs is 1. The quantitative estimate of drug-likeness (QED) is 0.113. The number of carbonyl (C=O) groups excluding carboxylic acids is 2. The minimum atomic E-state index is -0.837. The molecule has 2 fully saturated rings. The first kappa shape index (κ1) is 42.2. The van der Waals surface area contributed by atoms with Crippen molar-refractivity contribution >= 4 is 50.7 Å². The number of para-hydroxylation sites is 1. The van der Waals surface area contributed by atoms with Crippen LogP contribution in [0.1, 0.15) is 85.4 Å². The number of likely N-dealkylation sites (tertiary alicyclic amines) is 1. The van der Waals surface area contributed by atoms with Crippen LogP contribution in [-0.4, -0.2) is 89.0 Å². The number of β-amino-alcohol motifs (C(OH)–C–C–N with tert-alkyl or cyclic N) is 1. The van der Waals surface area contributed by atoms with Crippen molar-refractivity contribution in [2.24, 2.45) is 5.92 Å². The van der Waals surface area contributed by atoms with Crippen LogP contribution in [0.5, 0.6) is 5.75 Å². The van der Waals surface area contributed by atoms with Gasteiger partial charge in [0, 0.05) is 65.9 Å². The number of aliphatic hydroxyl groups excluding tert-OH is 1. The first-order chi connectivity index (χ1) is 30.4. The maximum absolute atomic E-state index is 14.3. The molecule has 2 aliphatic rings. The second-order valence-corrected chi connectivity index (χ2v) is 18.8. The summed E-state index contributed by atoms with van der Waals surface area (Å²) in [6, 6.07) is 17.8. The topological polar surface area (TPSA) is 184 Å². The zero-order chi connectivity index (χ0) is 43.9. The molecule has 4 atom stereocenters. The van der Waals surface area contributed by atoms with Crippen LogP contribution in [-0.2, 0) is 9.59 Å². The predicted octanol–water partition coefficient (Wildman–Crippen LogP) is 8.21. The molecule has 324 valence electrons. The lowest BCUT2D eigenvalue weighted by molar-refractivity contribution is -0.141. The highest BCUT2D eigenvalue weighted by Gasteiger charge is 2.43. The summed E-state index contributed by atoms with van der Waals surface area (Å²) in [5.74, 6) is 0.0298. The van der Waals surface area contributed by atoms with Gasteiger partial charge in [0.15, 0.2) is 0 Å². The van der Waals surface area contributed by atoms with E-state index in [1.165, 1.54) is 15.3 Å². The number of anilines is 1. The van der Waals surface area contributed by atoms with Crippen LogP contribution < -0.4 is 10.2 Å². The lowest BCUT2D eigenvalue weighted by atomic mass is 9.91. The third-order valence-corrected chi connectivity index (χ3v) is 14.7. The van der Waals surface area contributed by atoms with E-state index in [1.807, 2.05) is 75.7 Å². The standard InChI is InChI=1S/C47H49N9O5S2/c1-25(2)41(46(60)56-23-33(57)18-38(56)44(59)51-27(4)29-10-12-30(13-11-29)43-28(5)50-24-62-43)40-20-36(54-61-40)32-21-48-47(49-22-32)55-16-14-31(15-17-55)42-26(3)35-19-37(52-53-45(35)63-42)34-8-6-7-9-39(34)58/h6-13,19-22,24-25,27,31,33,38,41,57-58H,14-18,23H2,1-5H3,(H,51,59)/t27-,33+,38-,41+/m0/s1. The van der Waals surface area contributed by atoms with Crippen molar-refractivity contribution in [3.8, 4) is 38.7 Å². The van der Waals surface area contributed by atoms with E-state index in [0.29, 0.717) is 40.1 Å². The number of benzene rings is 2. The van der Waals surface area contributed by atoms with Gasteiger partial charge in [-0.15, -0.1) is 32.9 Å². The van der Waals surface area contributed by atoms with Gasteiger partial charge in [0.2, 0.25) is 17.8 Å². The number of nitrogens with zero attached hydrogens (tertiary/aromatic N) is 8. The lowest BCUT2D eigenvalue weighted by Gasteiger charge is -2.31. The van der Waals surface area contributed by atoms with Gasteiger partial charge in [0.1, 0.15) is 34.0 Å². The van der Waals surface area contributed by atoms with E-state index >= 15 is 0 Å². The molecule has 2 amide bonds. The first-order valence-electron chi connectivity index (χ1n) is 21.3. The van der Waals surface area contributed by atoms with Gasteiger partial charge < -0.3 is 29.9 Å². The Morgan fingerprint density at radius 1 is 0.921 bits per heavy atom. The van der Waals surface area contributed by atoms with Crippen LogP contribution in [0.3, 0.4) is 0 Å². The Balaban J connectivity index is 0.832. The number of aliphatic hydroxyl groups is 1. The predicted molar refractivity (Wildman–Crippen MR) is 244 cm³/mol. The average Bonchev–Trinajstić information content (AvgIpc) is 4.11. The van der Waals surface area contributed by atoms with Crippen LogP contribution in [0.25, 0.3) is 43.2 Å². The number of hydrogen-bond acceptors (Lipinski definition) is 14. The fraction of sp³-hybridized carbons (Fsp3) is 0.362. The number of hydrogen-bond donors (Lipinski definition) is 3. The highest BCUT2D eigenvalue weighted by Crippen LogP contribution is 2.41. The molecule has 16 heteroatoms. The van der Waals surface area contributed by atoms with Crippen LogP contribution >= 0.6 is 22.7 Å². The minimum absolute atomic E-state index is 0.0467. The summed E-state index contributed by atoms with van der Waals surface area (Å²) in [7, 11) is 0. The molecule has 9 rings (SSSR count). The normalized spacial score (nSPS) is 18.0. The number of aromatic hydroxyl groups is 1. The molecule has 0 saturated carbocycles. The molecule has 3 N–H and O–H groups in total. The Hall–Kier alpha value is -6.10. The number of aryl methyl sites for hydroxylation is 2. The molecule has 2 aliphatic heterocycles. The van der Waals surface area contributed by atoms with Crippen molar-refractivity contribution in [1.82, 2.24) is 40.5 Å². The van der Waals surface area contributed by atoms with Crippen LogP contribution in [0, 0.1) is 19.8 Å². The molecule has 7 heterocycles. The Labute approximate surface area is 373 Å². The molecule has 7 aromatic rings. The van der Waals surface area contributed by atoms with Gasteiger partial charge in [-0.3, -0.25) is 9.59 Å². The zero-order valence-corrected chi connectivity index (χ0v) is 37.4. The first-order valence-corrected chi connectivity index (χ1v) is 23.0. The van der Waals surface area contributed by atoms with Crippen molar-refractivity contribution in [1.29, 1.82) is 0 Å². The van der Waals surface area contributed by atoms with Crippen LogP contribution in [0.2, 0.25) is 0 Å². The highest BCUT2D eigenvalue weighted by atomic mass is 32.1. The second-order valence-electron chi connectivity index (χ2n) is 16.9. The number of aromatic nitrogens is 6. The molecule has 0 bridgehead atoms. The molecule has 0 unspecified atom stereocenters. The fourth-order valence-electron chi connectivity index (χ4n) is 8.89. The Kier molecular flexibility index (Phi) is 11.8. The lowest BCUT2D eigenvalue weighted by Crippen LogP contribution is -2.48. The van der Waals surface area contributed by atoms with E-state index in [0.717, 1.165) is 57.8 Å². The molecular weight excluding hydrogens is 835 g/mol. The van der Waals surface area contributed by atoms with Crippen molar-refractivity contribution in [2.75, 3.05) is 24.5 Å². The third kappa shape index (κ3) is 8.42. The number of phenols is 1. The van der Waals surface area contributed by atoms with Crippen molar-refractivity contribution in [3.63, 3.8) is 0 Å². The van der Waals surface area contributed by atoms with Crippen LogP contribution in [0.4, 0.5) is 5.95 Å². The van der Waals surface area contributed by atoms with E-state index in [-0.39, 0.29) is 42.5 Å². The van der Waals surface area contributed by atoms with E-state index in [4.69, 9.17) is 14.5 Å². The summed E-state index contributed by atoms with van der Waals surface area (Å²) >= 11 is 3.29. The number of nitrogens with one attached hydrogen (secondary N) is 1. The highest BCUT2D eigenvalue weighted by molar-refractivity contribution is 7.19. The summed E-state index contributed by atoms with van der Waals surface area (Å²) in [4.78, 5) is 48.8. The van der Waals surface area contributed by atoms with Crippen molar-refractivity contribution in [2.45, 2.75) is 83.9 Å². The summed E-state index contributed by atoms with van der Waals surface area (Å²) in [6.07, 6.45) is 4.64. The number of amides is 2. The number of rotatable bonds is 11. The molecule has 0 aliphatic carbocycles. The maximum atomic E-state index is 14.3. The van der Waals surface area contributed by atoms with Crippen molar-refractivity contribution < 1.29 is 24.3 Å². The summed E-state index contributed by atoms with van der Waals surface area (Å²) in [6.45, 7) is 11.5. The largest absolute Gasteiger partial charge is 0.507 e. The van der Waals surface area contributed by atoms with Gasteiger partial charge in [-0.25, -0.2) is 15.0 Å². The molecule has 2 aromatic carbocycles. The molecule has 0 radical (unpaired) electrons. The van der Waals surface area contributed by atoms with Crippen molar-refractivity contribution in [3.05, 3.63) is 106 Å². The van der Waals surface area contributed by atoms with E-state index in [2.05, 4.69) is 37.5 Å². The monoisotopic (exact) mass is 883 g/mol. The summed E-state index contributed by atoms with van der Waals surface area (Å²) < 4.78 is 5.83. The maximum Gasteiger partial charge on any atom is 0.243 e. The summed E-state index contributed by atoms with van der Waals surface area (Å²) in [5.41, 5.74) is 8.49. The number of piperidine rings is 1. The second kappa shape index (κ2) is 17.6. The SMILES string of the molecule is Cc1ncsc1-c1ccc([C@H](C)NC(=O)[C@@H]2C[C@@H](O)CN2C(=O)[C@@H](c2cc(-c3cnc(N4CCC(c5sc6nnc(-c7ccccc7O)cc6c5C)CC4)nc3)no2)C(C)C)cc1. The molecule has 0 spiro atoms. The molecule has 2 saturated heterocycles. The Morgan fingerprint density at radius 3 is 2.37 bits per heavy atom. The van der Waals surface area contributed by atoms with Gasteiger partial charge in [-0.2, -0.15) is 0 Å². The number of phenolic OH excluding ortho intramolecular Hbond substituents is 1. The number of thiazole rings is 1. The summed E-state index contributed by atoms with van der Waals surface area (Å²) in [5, 5.41) is 38.5. The molecule has 14 nitrogen and oxygen atoms in total. The number of carbonyl (C=O) groups is 2. The van der Waals surface area contributed by atoms with Gasteiger partial charge in [-0.05, 0) is 80.3 Å². The molecular formula is C47H49N9O5S2. The van der Waals surface area contributed by atoms with Gasteiger partial charge >= 0.3 is 0 Å². The van der Waals surface area contributed by atoms with Gasteiger partial charge in [0.25, 0.3) is 0 Å². The van der Waals surface area contributed by atoms with E-state index < -0.39 is 18.1 Å². The molecule has 5 aromatic heterocycles. The average molecular weight is 884 g/mol. The van der Waals surface area contributed by atoms with Gasteiger partial charge in [0.05, 0.1) is 33.9 Å². The Morgan fingerprint density at radius 2 is 1.67 bits per heavy atom. The zero-order valence-electron chi connectivity index (χ0n) is 35.7. The van der Waals surface area contributed by atoms with E-state index in [1.54, 1.807) is 53.3 Å².